The second-order valence-electron chi connectivity index (χ2n) is 7.08. The van der Waals surface area contributed by atoms with Crippen LogP contribution in [0.25, 0.3) is 0 Å². The second-order valence-corrected chi connectivity index (χ2v) is 7.08. The van der Waals surface area contributed by atoms with E-state index in [2.05, 4.69) is 45.7 Å². The third kappa shape index (κ3) is 3.47. The number of carbonyl (C=O) groups excluding carboxylic acids is 1. The number of nitrogens with zero attached hydrogens (tertiary/aromatic N) is 5. The predicted molar refractivity (Wildman–Crippen MR) is 90.2 cm³/mol. The number of carbonyl (C=O) groups is 1. The van der Waals surface area contributed by atoms with E-state index in [-0.39, 0.29) is 5.92 Å². The SMILES string of the molecule is C[C@@H]1CN(C(=O)C2CCN(c3cnccn3)CC2)C[C@@H]1N(C)C. The van der Waals surface area contributed by atoms with Crippen LogP contribution in [-0.4, -0.2) is 72.0 Å². The van der Waals surface area contributed by atoms with Gasteiger partial charge in [0, 0.05) is 50.5 Å². The van der Waals surface area contributed by atoms with Crippen molar-refractivity contribution in [2.75, 3.05) is 45.2 Å². The number of piperidine rings is 1. The van der Waals surface area contributed by atoms with Gasteiger partial charge >= 0.3 is 0 Å². The zero-order chi connectivity index (χ0) is 16.4. The third-order valence-electron chi connectivity index (χ3n) is 5.27. The lowest BCUT2D eigenvalue weighted by Crippen LogP contribution is -2.43. The number of amides is 1. The van der Waals surface area contributed by atoms with Crippen LogP contribution < -0.4 is 4.90 Å². The average Bonchev–Trinajstić information content (AvgIpc) is 2.97. The summed E-state index contributed by atoms with van der Waals surface area (Å²) in [6.07, 6.45) is 7.03. The van der Waals surface area contributed by atoms with Gasteiger partial charge < -0.3 is 14.7 Å². The first kappa shape index (κ1) is 16.2. The number of likely N-dealkylation sites (N-methyl/N-ethyl adjacent to an activating group) is 1. The van der Waals surface area contributed by atoms with Crippen molar-refractivity contribution in [3.8, 4) is 0 Å². The topological polar surface area (TPSA) is 52.6 Å². The van der Waals surface area contributed by atoms with Gasteiger partial charge in [0.2, 0.25) is 5.91 Å². The van der Waals surface area contributed by atoms with Crippen molar-refractivity contribution in [1.82, 2.24) is 19.8 Å². The fourth-order valence-corrected chi connectivity index (χ4v) is 3.87. The Labute approximate surface area is 138 Å². The van der Waals surface area contributed by atoms with Crippen LogP contribution in [0, 0.1) is 11.8 Å². The Balaban J connectivity index is 1.55. The highest BCUT2D eigenvalue weighted by molar-refractivity contribution is 5.79. The molecule has 2 atom stereocenters. The molecular weight excluding hydrogens is 290 g/mol. The molecule has 23 heavy (non-hydrogen) atoms. The molecule has 1 amide bonds. The monoisotopic (exact) mass is 317 g/mol. The summed E-state index contributed by atoms with van der Waals surface area (Å²) in [6.45, 7) is 5.78. The van der Waals surface area contributed by atoms with Crippen LogP contribution in [0.5, 0.6) is 0 Å². The van der Waals surface area contributed by atoms with Crippen molar-refractivity contribution in [2.24, 2.45) is 11.8 Å². The summed E-state index contributed by atoms with van der Waals surface area (Å²) < 4.78 is 0. The Morgan fingerprint density at radius 3 is 2.52 bits per heavy atom. The van der Waals surface area contributed by atoms with Gasteiger partial charge in [-0.25, -0.2) is 4.98 Å². The highest BCUT2D eigenvalue weighted by Gasteiger charge is 2.37. The summed E-state index contributed by atoms with van der Waals surface area (Å²) in [6, 6.07) is 0.485. The van der Waals surface area contributed by atoms with Crippen molar-refractivity contribution in [1.29, 1.82) is 0 Å². The molecule has 6 nitrogen and oxygen atoms in total. The summed E-state index contributed by atoms with van der Waals surface area (Å²) in [5.41, 5.74) is 0. The van der Waals surface area contributed by atoms with Gasteiger partial charge in [-0.15, -0.1) is 0 Å². The first-order valence-corrected chi connectivity index (χ1v) is 8.52. The molecule has 0 radical (unpaired) electrons. The fourth-order valence-electron chi connectivity index (χ4n) is 3.87. The van der Waals surface area contributed by atoms with Gasteiger partial charge in [0.1, 0.15) is 5.82 Å². The van der Waals surface area contributed by atoms with Crippen LogP contribution in [0.4, 0.5) is 5.82 Å². The number of aromatic nitrogens is 2. The average molecular weight is 317 g/mol. The number of rotatable bonds is 3. The molecule has 0 N–H and O–H groups in total. The van der Waals surface area contributed by atoms with E-state index in [1.54, 1.807) is 18.6 Å². The Morgan fingerprint density at radius 2 is 1.96 bits per heavy atom. The van der Waals surface area contributed by atoms with E-state index in [1.807, 2.05) is 0 Å². The van der Waals surface area contributed by atoms with Crippen molar-refractivity contribution >= 4 is 11.7 Å². The van der Waals surface area contributed by atoms with Crippen LogP contribution >= 0.6 is 0 Å². The minimum absolute atomic E-state index is 0.163. The number of hydrogen-bond donors (Lipinski definition) is 0. The minimum atomic E-state index is 0.163. The molecule has 3 rings (SSSR count). The molecular formula is C17H27N5O. The molecule has 0 spiro atoms. The summed E-state index contributed by atoms with van der Waals surface area (Å²) >= 11 is 0. The van der Waals surface area contributed by atoms with Crippen molar-refractivity contribution in [2.45, 2.75) is 25.8 Å². The highest BCUT2D eigenvalue weighted by atomic mass is 16.2. The molecule has 3 heterocycles. The molecule has 0 aliphatic carbocycles. The molecule has 126 valence electrons. The summed E-state index contributed by atoms with van der Waals surface area (Å²) in [5, 5.41) is 0. The smallest absolute Gasteiger partial charge is 0.225 e. The standard InChI is InChI=1S/C17H27N5O/c1-13-11-22(12-15(13)20(2)3)17(23)14-4-8-21(9-5-14)16-10-18-6-7-19-16/h6-7,10,13-15H,4-5,8-9,11-12H2,1-3H3/t13-,15+/m1/s1. The molecule has 1 aromatic heterocycles. The number of anilines is 1. The lowest BCUT2D eigenvalue weighted by Gasteiger charge is -2.33. The normalized spacial score (nSPS) is 26.1. The molecule has 1 aromatic rings. The lowest BCUT2D eigenvalue weighted by molar-refractivity contribution is -0.135. The van der Waals surface area contributed by atoms with Crippen LogP contribution in [0.1, 0.15) is 19.8 Å². The van der Waals surface area contributed by atoms with Gasteiger partial charge in [0.15, 0.2) is 0 Å². The maximum absolute atomic E-state index is 12.8. The summed E-state index contributed by atoms with van der Waals surface area (Å²) in [4.78, 5) is 27.9. The quantitative estimate of drug-likeness (QED) is 0.836. The largest absolute Gasteiger partial charge is 0.355 e. The third-order valence-corrected chi connectivity index (χ3v) is 5.27. The lowest BCUT2D eigenvalue weighted by atomic mass is 9.95. The van der Waals surface area contributed by atoms with Gasteiger partial charge in [0.25, 0.3) is 0 Å². The van der Waals surface area contributed by atoms with Gasteiger partial charge in [-0.2, -0.15) is 0 Å². The predicted octanol–water partition coefficient (Wildman–Crippen LogP) is 1.10. The van der Waals surface area contributed by atoms with Gasteiger partial charge in [-0.3, -0.25) is 9.78 Å². The molecule has 6 heteroatoms. The fraction of sp³-hybridized carbons (Fsp3) is 0.706. The van der Waals surface area contributed by atoms with Crippen molar-refractivity contribution < 1.29 is 4.79 Å². The van der Waals surface area contributed by atoms with Crippen LogP contribution in [0.3, 0.4) is 0 Å². The Hall–Kier alpha value is -1.69. The first-order chi connectivity index (χ1) is 11.1. The van der Waals surface area contributed by atoms with E-state index >= 15 is 0 Å². The molecule has 2 saturated heterocycles. The molecule has 2 fully saturated rings. The molecule has 0 aromatic carbocycles. The highest BCUT2D eigenvalue weighted by Crippen LogP contribution is 2.27. The van der Waals surface area contributed by atoms with E-state index in [9.17, 15) is 4.79 Å². The van der Waals surface area contributed by atoms with Crippen LogP contribution in [-0.2, 0) is 4.79 Å². The Kier molecular flexibility index (Phi) is 4.80. The molecule has 0 saturated carbocycles. The number of hydrogen-bond acceptors (Lipinski definition) is 5. The maximum atomic E-state index is 12.8. The van der Waals surface area contributed by atoms with Gasteiger partial charge in [-0.05, 0) is 32.9 Å². The Morgan fingerprint density at radius 1 is 1.22 bits per heavy atom. The zero-order valence-corrected chi connectivity index (χ0v) is 14.4. The van der Waals surface area contributed by atoms with Gasteiger partial charge in [-0.1, -0.05) is 6.92 Å². The summed E-state index contributed by atoms with van der Waals surface area (Å²) in [5.74, 6) is 1.98. The summed E-state index contributed by atoms with van der Waals surface area (Å²) in [7, 11) is 4.21. The molecule has 0 bridgehead atoms. The minimum Gasteiger partial charge on any atom is -0.355 e. The number of likely N-dealkylation sites (tertiary alicyclic amines) is 1. The van der Waals surface area contributed by atoms with Crippen LogP contribution in [0.2, 0.25) is 0 Å². The van der Waals surface area contributed by atoms with Crippen molar-refractivity contribution in [3.05, 3.63) is 18.6 Å². The van der Waals surface area contributed by atoms with Crippen molar-refractivity contribution in [3.63, 3.8) is 0 Å². The molecule has 2 aliphatic rings. The van der Waals surface area contributed by atoms with Crippen LogP contribution in [0.15, 0.2) is 18.6 Å². The second kappa shape index (κ2) is 6.83. The van der Waals surface area contributed by atoms with E-state index in [1.165, 1.54) is 0 Å². The van der Waals surface area contributed by atoms with E-state index in [0.29, 0.717) is 17.9 Å². The van der Waals surface area contributed by atoms with E-state index in [4.69, 9.17) is 0 Å². The molecule has 2 aliphatic heterocycles. The van der Waals surface area contributed by atoms with E-state index in [0.717, 1.165) is 44.8 Å². The maximum Gasteiger partial charge on any atom is 0.225 e. The first-order valence-electron chi connectivity index (χ1n) is 8.52. The van der Waals surface area contributed by atoms with Gasteiger partial charge in [0.05, 0.1) is 6.20 Å². The van der Waals surface area contributed by atoms with E-state index < -0.39 is 0 Å². The zero-order valence-electron chi connectivity index (χ0n) is 14.4. The molecule has 0 unspecified atom stereocenters. The Bertz CT molecular complexity index is 527.